The van der Waals surface area contributed by atoms with Crippen LogP contribution in [0.15, 0.2) is 47.6 Å². The van der Waals surface area contributed by atoms with Gasteiger partial charge in [0.05, 0.1) is 0 Å². The van der Waals surface area contributed by atoms with Gasteiger partial charge in [-0.15, -0.1) is 0 Å². The van der Waals surface area contributed by atoms with Crippen molar-refractivity contribution in [2.24, 2.45) is 10.9 Å². The largest absolute Gasteiger partial charge is 0.409 e. The summed E-state index contributed by atoms with van der Waals surface area (Å²) in [6.07, 6.45) is 0. The Morgan fingerprint density at radius 1 is 1.29 bits per heavy atom. The molecule has 0 bridgehead atoms. The predicted molar refractivity (Wildman–Crippen MR) is 82.5 cm³/mol. The molecule has 0 aliphatic carbocycles. The van der Waals surface area contributed by atoms with Gasteiger partial charge in [-0.3, -0.25) is 0 Å². The summed E-state index contributed by atoms with van der Waals surface area (Å²) in [4.78, 5) is 1.88. The first-order valence-corrected chi connectivity index (χ1v) is 6.62. The van der Waals surface area contributed by atoms with E-state index in [4.69, 9.17) is 22.5 Å². The molecular formula is C15H15ClFN3O. The monoisotopic (exact) mass is 307 g/mol. The number of halogens is 2. The van der Waals surface area contributed by atoms with Gasteiger partial charge in [0.2, 0.25) is 0 Å². The normalized spacial score (nSPS) is 11.5. The highest BCUT2D eigenvalue weighted by Gasteiger charge is 2.12. The van der Waals surface area contributed by atoms with E-state index < -0.39 is 5.82 Å². The van der Waals surface area contributed by atoms with Gasteiger partial charge in [0.1, 0.15) is 5.82 Å². The molecule has 0 saturated heterocycles. The number of nitrogens with zero attached hydrogens (tertiary/aromatic N) is 2. The summed E-state index contributed by atoms with van der Waals surface area (Å²) in [5, 5.41) is 12.4. The fourth-order valence-electron chi connectivity index (χ4n) is 2.05. The van der Waals surface area contributed by atoms with Crippen molar-refractivity contribution >= 4 is 23.1 Å². The predicted octanol–water partition coefficient (Wildman–Crippen LogP) is 3.21. The highest BCUT2D eigenvalue weighted by molar-refractivity contribution is 6.30. The summed E-state index contributed by atoms with van der Waals surface area (Å²) < 4.78 is 13.4. The third-order valence-electron chi connectivity index (χ3n) is 3.09. The Hall–Kier alpha value is -2.27. The SMILES string of the molecule is CN(Cc1ccc(Cl)cc1)c1ccc(F)cc1C(N)=NO. The first-order chi connectivity index (χ1) is 10.0. The highest BCUT2D eigenvalue weighted by atomic mass is 35.5. The maximum Gasteiger partial charge on any atom is 0.172 e. The van der Waals surface area contributed by atoms with Crippen LogP contribution in [0.2, 0.25) is 5.02 Å². The zero-order chi connectivity index (χ0) is 15.4. The Bertz CT molecular complexity index is 658. The van der Waals surface area contributed by atoms with Crippen LogP contribution in [0.1, 0.15) is 11.1 Å². The molecule has 4 nitrogen and oxygen atoms in total. The second kappa shape index (κ2) is 6.45. The van der Waals surface area contributed by atoms with Crippen LogP contribution in [-0.4, -0.2) is 18.1 Å². The lowest BCUT2D eigenvalue weighted by molar-refractivity contribution is 0.318. The Balaban J connectivity index is 2.30. The molecule has 21 heavy (non-hydrogen) atoms. The standard InChI is InChI=1S/C15H15ClFN3O/c1-20(9-10-2-4-11(16)5-3-10)14-7-6-12(17)8-13(14)15(18)19-21/h2-8,21H,9H2,1H3,(H2,18,19). The number of hydrogen-bond acceptors (Lipinski definition) is 3. The van der Waals surface area contributed by atoms with Gasteiger partial charge in [-0.05, 0) is 35.9 Å². The summed E-state index contributed by atoms with van der Waals surface area (Å²) >= 11 is 5.85. The van der Waals surface area contributed by atoms with Gasteiger partial charge < -0.3 is 15.8 Å². The molecule has 0 spiro atoms. The fourth-order valence-corrected chi connectivity index (χ4v) is 2.17. The minimum absolute atomic E-state index is 0.132. The minimum atomic E-state index is -0.444. The molecule has 110 valence electrons. The van der Waals surface area contributed by atoms with Crippen molar-refractivity contribution in [3.63, 3.8) is 0 Å². The molecule has 0 fully saturated rings. The number of nitrogens with two attached hydrogens (primary N) is 1. The Kier molecular flexibility index (Phi) is 4.65. The van der Waals surface area contributed by atoms with Crippen LogP contribution in [0.25, 0.3) is 0 Å². The summed E-state index contributed by atoms with van der Waals surface area (Å²) in [5.41, 5.74) is 7.65. The maximum atomic E-state index is 13.4. The van der Waals surface area contributed by atoms with Crippen molar-refractivity contribution in [3.05, 3.63) is 64.4 Å². The summed E-state index contributed by atoms with van der Waals surface area (Å²) in [6, 6.07) is 11.6. The number of rotatable bonds is 4. The molecule has 0 radical (unpaired) electrons. The van der Waals surface area contributed by atoms with Gasteiger partial charge in [-0.25, -0.2) is 4.39 Å². The van der Waals surface area contributed by atoms with Gasteiger partial charge in [0.25, 0.3) is 0 Å². The molecule has 0 heterocycles. The van der Waals surface area contributed by atoms with Crippen LogP contribution in [0.3, 0.4) is 0 Å². The molecule has 2 aromatic carbocycles. The summed E-state index contributed by atoms with van der Waals surface area (Å²) in [5.74, 6) is -0.576. The average molecular weight is 308 g/mol. The van der Waals surface area contributed by atoms with Crippen molar-refractivity contribution < 1.29 is 9.60 Å². The van der Waals surface area contributed by atoms with Crippen LogP contribution in [-0.2, 0) is 6.54 Å². The lowest BCUT2D eigenvalue weighted by atomic mass is 10.1. The second-order valence-electron chi connectivity index (χ2n) is 4.63. The summed E-state index contributed by atoms with van der Waals surface area (Å²) in [6.45, 7) is 0.578. The van der Waals surface area contributed by atoms with E-state index in [1.54, 1.807) is 18.2 Å². The molecule has 0 aromatic heterocycles. The van der Waals surface area contributed by atoms with Crippen molar-refractivity contribution in [1.29, 1.82) is 0 Å². The second-order valence-corrected chi connectivity index (χ2v) is 5.07. The molecule has 0 aliphatic heterocycles. The van der Waals surface area contributed by atoms with Crippen LogP contribution in [0.4, 0.5) is 10.1 Å². The van der Waals surface area contributed by atoms with Gasteiger partial charge in [0, 0.05) is 29.9 Å². The number of oxime groups is 1. The van der Waals surface area contributed by atoms with Gasteiger partial charge in [-0.1, -0.05) is 28.9 Å². The van der Waals surface area contributed by atoms with E-state index in [1.165, 1.54) is 12.1 Å². The van der Waals surface area contributed by atoms with Crippen molar-refractivity contribution in [1.82, 2.24) is 0 Å². The molecule has 0 aliphatic rings. The zero-order valence-electron chi connectivity index (χ0n) is 11.4. The Labute approximate surface area is 127 Å². The molecule has 0 amide bonds. The quantitative estimate of drug-likeness (QED) is 0.394. The Morgan fingerprint density at radius 2 is 1.95 bits per heavy atom. The van der Waals surface area contributed by atoms with Crippen molar-refractivity contribution in [2.75, 3.05) is 11.9 Å². The third kappa shape index (κ3) is 3.64. The fraction of sp³-hybridized carbons (Fsp3) is 0.133. The first kappa shape index (κ1) is 15.1. The van der Waals surface area contributed by atoms with Crippen molar-refractivity contribution in [3.8, 4) is 0 Å². The van der Waals surface area contributed by atoms with Gasteiger partial charge in [0.15, 0.2) is 5.84 Å². The van der Waals surface area contributed by atoms with Crippen molar-refractivity contribution in [2.45, 2.75) is 6.54 Å². The first-order valence-electron chi connectivity index (χ1n) is 6.24. The van der Waals surface area contributed by atoms with E-state index in [0.29, 0.717) is 22.8 Å². The molecule has 2 rings (SSSR count). The smallest absolute Gasteiger partial charge is 0.172 e. The molecule has 6 heteroatoms. The van der Waals surface area contributed by atoms with E-state index in [9.17, 15) is 4.39 Å². The number of benzene rings is 2. The minimum Gasteiger partial charge on any atom is -0.409 e. The van der Waals surface area contributed by atoms with E-state index in [0.717, 1.165) is 5.56 Å². The summed E-state index contributed by atoms with van der Waals surface area (Å²) in [7, 11) is 1.84. The molecule has 0 unspecified atom stereocenters. The van der Waals surface area contributed by atoms with Crippen LogP contribution in [0.5, 0.6) is 0 Å². The number of hydrogen-bond donors (Lipinski definition) is 2. The molecule has 3 N–H and O–H groups in total. The molecule has 0 atom stereocenters. The van der Waals surface area contributed by atoms with Crippen LogP contribution < -0.4 is 10.6 Å². The van der Waals surface area contributed by atoms with Gasteiger partial charge in [-0.2, -0.15) is 0 Å². The van der Waals surface area contributed by atoms with Crippen LogP contribution >= 0.6 is 11.6 Å². The van der Waals surface area contributed by atoms with E-state index >= 15 is 0 Å². The number of amidine groups is 1. The zero-order valence-corrected chi connectivity index (χ0v) is 12.2. The average Bonchev–Trinajstić information content (AvgIpc) is 2.48. The number of anilines is 1. The lowest BCUT2D eigenvalue weighted by Crippen LogP contribution is -2.22. The van der Waals surface area contributed by atoms with Crippen LogP contribution in [0, 0.1) is 5.82 Å². The highest BCUT2D eigenvalue weighted by Crippen LogP contribution is 2.22. The molecular weight excluding hydrogens is 293 g/mol. The molecule has 2 aromatic rings. The topological polar surface area (TPSA) is 61.8 Å². The Morgan fingerprint density at radius 3 is 2.57 bits per heavy atom. The maximum absolute atomic E-state index is 13.4. The molecule has 0 saturated carbocycles. The van der Waals surface area contributed by atoms with E-state index in [1.807, 2.05) is 24.1 Å². The van der Waals surface area contributed by atoms with E-state index in [-0.39, 0.29) is 5.84 Å². The van der Waals surface area contributed by atoms with Gasteiger partial charge >= 0.3 is 0 Å². The van der Waals surface area contributed by atoms with E-state index in [2.05, 4.69) is 5.16 Å². The third-order valence-corrected chi connectivity index (χ3v) is 3.34. The lowest BCUT2D eigenvalue weighted by Gasteiger charge is -2.22.